The van der Waals surface area contributed by atoms with Crippen molar-refractivity contribution >= 4 is 34.9 Å². The second-order valence-electron chi connectivity index (χ2n) is 5.92. The first-order chi connectivity index (χ1) is 13.6. The second-order valence-corrected chi connectivity index (χ2v) is 6.32. The Morgan fingerprint density at radius 2 is 1.71 bits per heavy atom. The van der Waals surface area contributed by atoms with Crippen molar-refractivity contribution in [1.82, 2.24) is 5.32 Å². The highest BCUT2D eigenvalue weighted by atomic mass is 32.1. The zero-order valence-electron chi connectivity index (χ0n) is 15.8. The van der Waals surface area contributed by atoms with Gasteiger partial charge in [0.25, 0.3) is 0 Å². The fraction of sp³-hybridized carbons (Fsp3) is 0.286. The molecule has 0 heterocycles. The number of carbonyl (C=O) groups excluding carboxylic acids is 2. The number of anilines is 1. The van der Waals surface area contributed by atoms with Gasteiger partial charge in [0.15, 0.2) is 5.11 Å². The van der Waals surface area contributed by atoms with E-state index in [1.807, 2.05) is 49.4 Å². The molecule has 28 heavy (non-hydrogen) atoms. The number of thiocarbonyl (C=S) groups is 1. The normalized spacial score (nSPS) is 10.0. The predicted molar refractivity (Wildman–Crippen MR) is 112 cm³/mol. The van der Waals surface area contributed by atoms with Crippen molar-refractivity contribution in [2.75, 3.05) is 18.5 Å². The molecular formula is C21H24N2O4S. The molecule has 0 unspecified atom stereocenters. The summed E-state index contributed by atoms with van der Waals surface area (Å²) in [6.07, 6.45) is 0.663. The van der Waals surface area contributed by atoms with Crippen LogP contribution in [0.5, 0.6) is 5.75 Å². The molecule has 0 fully saturated rings. The van der Waals surface area contributed by atoms with Gasteiger partial charge in [-0.25, -0.2) is 0 Å². The van der Waals surface area contributed by atoms with Gasteiger partial charge >= 0.3 is 5.97 Å². The highest BCUT2D eigenvalue weighted by Crippen LogP contribution is 2.15. The number of amides is 1. The maximum Gasteiger partial charge on any atom is 0.306 e. The summed E-state index contributed by atoms with van der Waals surface area (Å²) in [5, 5.41) is 5.63. The summed E-state index contributed by atoms with van der Waals surface area (Å²) in [5.74, 6) is 0.00805. The largest absolute Gasteiger partial charge is 0.494 e. The molecule has 0 atom stereocenters. The molecule has 2 rings (SSSR count). The Balaban J connectivity index is 1.62. The molecule has 0 aromatic heterocycles. The van der Waals surface area contributed by atoms with E-state index in [1.165, 1.54) is 0 Å². The van der Waals surface area contributed by atoms with Crippen LogP contribution in [-0.2, 0) is 20.7 Å². The van der Waals surface area contributed by atoms with Gasteiger partial charge in [0, 0.05) is 18.5 Å². The molecule has 2 N–H and O–H groups in total. The van der Waals surface area contributed by atoms with Gasteiger partial charge in [-0.1, -0.05) is 30.3 Å². The number of ether oxygens (including phenoxy) is 2. The van der Waals surface area contributed by atoms with Gasteiger partial charge < -0.3 is 20.1 Å². The minimum absolute atomic E-state index is 0.00624. The van der Waals surface area contributed by atoms with Crippen molar-refractivity contribution in [3.63, 3.8) is 0 Å². The molecule has 6 nitrogen and oxygen atoms in total. The van der Waals surface area contributed by atoms with Crippen molar-refractivity contribution in [3.8, 4) is 5.75 Å². The monoisotopic (exact) mass is 400 g/mol. The number of hydrogen-bond donors (Lipinski definition) is 2. The molecule has 0 spiro atoms. The van der Waals surface area contributed by atoms with Crippen molar-refractivity contribution in [3.05, 3.63) is 60.2 Å². The summed E-state index contributed by atoms with van der Waals surface area (Å²) in [6.45, 7) is 2.80. The Morgan fingerprint density at radius 3 is 2.39 bits per heavy atom. The average Bonchev–Trinajstić information content (AvgIpc) is 2.69. The van der Waals surface area contributed by atoms with Gasteiger partial charge in [0.2, 0.25) is 5.91 Å². The van der Waals surface area contributed by atoms with Crippen molar-refractivity contribution in [1.29, 1.82) is 0 Å². The summed E-state index contributed by atoms with van der Waals surface area (Å²) >= 11 is 5.11. The lowest BCUT2D eigenvalue weighted by molar-refractivity contribution is -0.144. The molecule has 148 valence electrons. The summed E-state index contributed by atoms with van der Waals surface area (Å²) < 4.78 is 10.5. The van der Waals surface area contributed by atoms with Crippen LogP contribution < -0.4 is 15.4 Å². The molecule has 1 amide bonds. The number of carbonyl (C=O) groups is 2. The summed E-state index contributed by atoms with van der Waals surface area (Å²) in [4.78, 5) is 23.7. The van der Waals surface area contributed by atoms with Crippen LogP contribution in [0.1, 0.15) is 25.3 Å². The maximum absolute atomic E-state index is 11.9. The molecule has 7 heteroatoms. The number of nitrogens with one attached hydrogen (secondary N) is 2. The second kappa shape index (κ2) is 11.7. The van der Waals surface area contributed by atoms with Crippen LogP contribution in [0.3, 0.4) is 0 Å². The first-order valence-corrected chi connectivity index (χ1v) is 9.51. The van der Waals surface area contributed by atoms with Gasteiger partial charge in [-0.3, -0.25) is 9.59 Å². The maximum atomic E-state index is 11.9. The van der Waals surface area contributed by atoms with Gasteiger partial charge in [0.1, 0.15) is 5.75 Å². The van der Waals surface area contributed by atoms with E-state index in [0.717, 1.165) is 17.0 Å². The van der Waals surface area contributed by atoms with Crippen LogP contribution >= 0.6 is 12.2 Å². The quantitative estimate of drug-likeness (QED) is 0.496. The molecule has 2 aromatic rings. The molecule has 0 bridgehead atoms. The minimum atomic E-state index is -0.406. The lowest BCUT2D eigenvalue weighted by Crippen LogP contribution is -2.34. The van der Waals surface area contributed by atoms with E-state index in [1.54, 1.807) is 12.1 Å². The molecule has 0 saturated heterocycles. The number of esters is 1. The SMILES string of the molecule is CCOc1ccc(NC(=S)NC(=O)CCC(=O)OCCc2ccccc2)cc1. The van der Waals surface area contributed by atoms with Crippen LogP contribution in [0.25, 0.3) is 0 Å². The third kappa shape index (κ3) is 8.18. The lowest BCUT2D eigenvalue weighted by Gasteiger charge is -2.10. The zero-order valence-corrected chi connectivity index (χ0v) is 16.6. The van der Waals surface area contributed by atoms with E-state index < -0.39 is 5.97 Å². The highest BCUT2D eigenvalue weighted by Gasteiger charge is 2.10. The Morgan fingerprint density at radius 1 is 1.00 bits per heavy atom. The van der Waals surface area contributed by atoms with Gasteiger partial charge in [-0.2, -0.15) is 0 Å². The van der Waals surface area contributed by atoms with Crippen LogP contribution in [-0.4, -0.2) is 30.2 Å². The van der Waals surface area contributed by atoms with Crippen molar-refractivity contribution in [2.24, 2.45) is 0 Å². The highest BCUT2D eigenvalue weighted by molar-refractivity contribution is 7.80. The van der Waals surface area contributed by atoms with E-state index in [0.29, 0.717) is 19.6 Å². The van der Waals surface area contributed by atoms with E-state index in [4.69, 9.17) is 21.7 Å². The Bertz CT molecular complexity index is 779. The standard InChI is InChI=1S/C21H24N2O4S/c1-2-26-18-10-8-17(9-11-18)22-21(28)23-19(24)12-13-20(25)27-15-14-16-6-4-3-5-7-16/h3-11H,2,12-15H2,1H3,(H2,22,23,24,28). The van der Waals surface area contributed by atoms with E-state index in [-0.39, 0.29) is 23.9 Å². The number of hydrogen-bond acceptors (Lipinski definition) is 5. The molecule has 2 aromatic carbocycles. The van der Waals surface area contributed by atoms with Gasteiger partial charge in [-0.15, -0.1) is 0 Å². The Hall–Kier alpha value is -2.93. The van der Waals surface area contributed by atoms with Crippen LogP contribution in [0.4, 0.5) is 5.69 Å². The van der Waals surface area contributed by atoms with E-state index >= 15 is 0 Å². The Labute approximate surface area is 170 Å². The van der Waals surface area contributed by atoms with Crippen molar-refractivity contribution in [2.45, 2.75) is 26.2 Å². The predicted octanol–water partition coefficient (Wildman–Crippen LogP) is 3.46. The van der Waals surface area contributed by atoms with Crippen LogP contribution in [0, 0.1) is 0 Å². The smallest absolute Gasteiger partial charge is 0.306 e. The average molecular weight is 401 g/mol. The fourth-order valence-electron chi connectivity index (χ4n) is 2.37. The summed E-state index contributed by atoms with van der Waals surface area (Å²) in [5.41, 5.74) is 1.83. The minimum Gasteiger partial charge on any atom is -0.494 e. The Kier molecular flexibility index (Phi) is 8.94. The topological polar surface area (TPSA) is 76.7 Å². The molecule has 0 aliphatic heterocycles. The first kappa shape index (κ1) is 21.4. The van der Waals surface area contributed by atoms with E-state index in [9.17, 15) is 9.59 Å². The molecule has 0 aliphatic rings. The summed E-state index contributed by atoms with van der Waals surface area (Å²) in [6, 6.07) is 17.0. The lowest BCUT2D eigenvalue weighted by atomic mass is 10.2. The molecule has 0 aliphatic carbocycles. The summed E-state index contributed by atoms with van der Waals surface area (Å²) in [7, 11) is 0. The third-order valence-electron chi connectivity index (χ3n) is 3.73. The van der Waals surface area contributed by atoms with Crippen LogP contribution in [0.2, 0.25) is 0 Å². The number of benzene rings is 2. The molecule has 0 saturated carbocycles. The first-order valence-electron chi connectivity index (χ1n) is 9.10. The molecule has 0 radical (unpaired) electrons. The molecular weight excluding hydrogens is 376 g/mol. The van der Waals surface area contributed by atoms with Gasteiger partial charge in [-0.05, 0) is 49.0 Å². The number of rotatable bonds is 9. The third-order valence-corrected chi connectivity index (χ3v) is 3.93. The van der Waals surface area contributed by atoms with E-state index in [2.05, 4.69) is 10.6 Å². The van der Waals surface area contributed by atoms with Crippen molar-refractivity contribution < 1.29 is 19.1 Å². The van der Waals surface area contributed by atoms with Crippen LogP contribution in [0.15, 0.2) is 54.6 Å². The van der Waals surface area contributed by atoms with Gasteiger partial charge in [0.05, 0.1) is 19.6 Å². The zero-order chi connectivity index (χ0) is 20.2. The fourth-order valence-corrected chi connectivity index (χ4v) is 2.60.